The Morgan fingerprint density at radius 3 is 3.15 bits per heavy atom. The first-order valence-electron chi connectivity index (χ1n) is 7.25. The zero-order valence-electron chi connectivity index (χ0n) is 12.3. The molecule has 1 amide bonds. The normalized spacial score (nSPS) is 21.6. The van der Waals surface area contributed by atoms with E-state index in [1.807, 2.05) is 13.1 Å². The Labute approximate surface area is 119 Å². The minimum Gasteiger partial charge on any atom is -0.376 e. The molecule has 6 heteroatoms. The van der Waals surface area contributed by atoms with E-state index in [4.69, 9.17) is 10.5 Å². The SMILES string of the molecule is CCCC(C)(N)C(=O)Nc1cnn(CC2CCCO2)c1. The maximum absolute atomic E-state index is 12.1. The Balaban J connectivity index is 1.90. The minimum atomic E-state index is -0.842. The molecule has 0 spiro atoms. The lowest BCUT2D eigenvalue weighted by Gasteiger charge is -2.22. The van der Waals surface area contributed by atoms with Crippen LogP contribution in [0.2, 0.25) is 0 Å². The molecular weight excluding hydrogens is 256 g/mol. The lowest BCUT2D eigenvalue weighted by molar-refractivity contribution is -0.120. The lowest BCUT2D eigenvalue weighted by atomic mass is 9.96. The van der Waals surface area contributed by atoms with Crippen molar-refractivity contribution in [3.8, 4) is 0 Å². The number of aromatic nitrogens is 2. The van der Waals surface area contributed by atoms with Crippen molar-refractivity contribution < 1.29 is 9.53 Å². The molecule has 20 heavy (non-hydrogen) atoms. The summed E-state index contributed by atoms with van der Waals surface area (Å²) in [4.78, 5) is 12.1. The fourth-order valence-corrected chi connectivity index (χ4v) is 2.43. The van der Waals surface area contributed by atoms with E-state index in [0.29, 0.717) is 12.1 Å². The maximum atomic E-state index is 12.1. The van der Waals surface area contributed by atoms with Gasteiger partial charge in [0.15, 0.2) is 0 Å². The van der Waals surface area contributed by atoms with Crippen LogP contribution < -0.4 is 11.1 Å². The van der Waals surface area contributed by atoms with Gasteiger partial charge in [0.05, 0.1) is 30.1 Å². The van der Waals surface area contributed by atoms with Crippen LogP contribution in [-0.4, -0.2) is 33.9 Å². The van der Waals surface area contributed by atoms with E-state index in [1.54, 1.807) is 17.8 Å². The first-order valence-corrected chi connectivity index (χ1v) is 7.25. The molecule has 0 saturated carbocycles. The third-order valence-corrected chi connectivity index (χ3v) is 3.59. The number of nitrogens with zero attached hydrogens (tertiary/aromatic N) is 2. The van der Waals surface area contributed by atoms with Crippen LogP contribution in [0, 0.1) is 0 Å². The molecule has 0 radical (unpaired) electrons. The Hall–Kier alpha value is -1.40. The van der Waals surface area contributed by atoms with E-state index in [1.165, 1.54) is 0 Å². The van der Waals surface area contributed by atoms with Crippen molar-refractivity contribution >= 4 is 11.6 Å². The molecule has 1 aliphatic rings. The van der Waals surface area contributed by atoms with E-state index >= 15 is 0 Å². The van der Waals surface area contributed by atoms with Crippen molar-refractivity contribution in [1.82, 2.24) is 9.78 Å². The summed E-state index contributed by atoms with van der Waals surface area (Å²) in [5, 5.41) is 7.07. The molecule has 1 aromatic rings. The summed E-state index contributed by atoms with van der Waals surface area (Å²) in [6.45, 7) is 5.32. The zero-order valence-corrected chi connectivity index (χ0v) is 12.3. The van der Waals surface area contributed by atoms with Crippen molar-refractivity contribution in [2.45, 2.75) is 57.7 Å². The third kappa shape index (κ3) is 3.80. The average Bonchev–Trinajstić information content (AvgIpc) is 3.02. The van der Waals surface area contributed by atoms with Crippen LogP contribution in [0.15, 0.2) is 12.4 Å². The highest BCUT2D eigenvalue weighted by atomic mass is 16.5. The highest BCUT2D eigenvalue weighted by molar-refractivity contribution is 5.97. The average molecular weight is 280 g/mol. The molecule has 0 aliphatic carbocycles. The number of hydrogen-bond donors (Lipinski definition) is 2. The van der Waals surface area contributed by atoms with E-state index < -0.39 is 5.54 Å². The summed E-state index contributed by atoms with van der Waals surface area (Å²) in [6, 6.07) is 0. The molecule has 1 saturated heterocycles. The first kappa shape index (κ1) is 15.0. The zero-order chi connectivity index (χ0) is 14.6. The van der Waals surface area contributed by atoms with Gasteiger partial charge in [0.25, 0.3) is 0 Å². The lowest BCUT2D eigenvalue weighted by Crippen LogP contribution is -2.48. The van der Waals surface area contributed by atoms with Gasteiger partial charge in [-0.3, -0.25) is 9.48 Å². The molecule has 1 aromatic heterocycles. The number of rotatable bonds is 6. The van der Waals surface area contributed by atoms with Gasteiger partial charge >= 0.3 is 0 Å². The quantitative estimate of drug-likeness (QED) is 0.827. The van der Waals surface area contributed by atoms with Gasteiger partial charge in [-0.1, -0.05) is 13.3 Å². The van der Waals surface area contributed by atoms with Crippen LogP contribution in [-0.2, 0) is 16.1 Å². The summed E-state index contributed by atoms with van der Waals surface area (Å²) in [5.41, 5.74) is 5.84. The molecular formula is C14H24N4O2. The molecule has 112 valence electrons. The summed E-state index contributed by atoms with van der Waals surface area (Å²) in [7, 11) is 0. The number of ether oxygens (including phenoxy) is 1. The van der Waals surface area contributed by atoms with Crippen LogP contribution in [0.4, 0.5) is 5.69 Å². The van der Waals surface area contributed by atoms with E-state index in [9.17, 15) is 4.79 Å². The molecule has 6 nitrogen and oxygen atoms in total. The van der Waals surface area contributed by atoms with Crippen molar-refractivity contribution in [1.29, 1.82) is 0 Å². The van der Waals surface area contributed by atoms with Gasteiger partial charge in [-0.2, -0.15) is 5.10 Å². The van der Waals surface area contributed by atoms with Gasteiger partial charge in [0.1, 0.15) is 0 Å². The van der Waals surface area contributed by atoms with Crippen LogP contribution in [0.1, 0.15) is 39.5 Å². The maximum Gasteiger partial charge on any atom is 0.244 e. The van der Waals surface area contributed by atoms with Gasteiger partial charge < -0.3 is 15.8 Å². The van der Waals surface area contributed by atoms with Crippen LogP contribution in [0.3, 0.4) is 0 Å². The number of anilines is 1. The Kier molecular flexibility index (Phi) is 4.77. The Morgan fingerprint density at radius 1 is 1.70 bits per heavy atom. The van der Waals surface area contributed by atoms with Gasteiger partial charge in [-0.05, 0) is 26.2 Å². The summed E-state index contributed by atoms with van der Waals surface area (Å²) < 4.78 is 7.37. The van der Waals surface area contributed by atoms with Gasteiger partial charge in [-0.25, -0.2) is 0 Å². The largest absolute Gasteiger partial charge is 0.376 e. The molecule has 2 rings (SSSR count). The van der Waals surface area contributed by atoms with Crippen LogP contribution in [0.25, 0.3) is 0 Å². The van der Waals surface area contributed by atoms with Crippen molar-refractivity contribution in [3.05, 3.63) is 12.4 Å². The van der Waals surface area contributed by atoms with Crippen LogP contribution in [0.5, 0.6) is 0 Å². The summed E-state index contributed by atoms with van der Waals surface area (Å²) in [6.07, 6.45) is 7.41. The van der Waals surface area contributed by atoms with E-state index in [0.717, 1.165) is 32.4 Å². The van der Waals surface area contributed by atoms with Crippen molar-refractivity contribution in [3.63, 3.8) is 0 Å². The summed E-state index contributed by atoms with van der Waals surface area (Å²) in [5.74, 6) is -0.170. The second-order valence-electron chi connectivity index (χ2n) is 5.71. The van der Waals surface area contributed by atoms with Gasteiger partial charge in [0, 0.05) is 12.8 Å². The van der Waals surface area contributed by atoms with Gasteiger partial charge in [0.2, 0.25) is 5.91 Å². The smallest absolute Gasteiger partial charge is 0.244 e. The predicted molar refractivity (Wildman–Crippen MR) is 77.3 cm³/mol. The molecule has 2 unspecified atom stereocenters. The Bertz CT molecular complexity index is 450. The molecule has 3 N–H and O–H groups in total. The number of amides is 1. The van der Waals surface area contributed by atoms with E-state index in [-0.39, 0.29) is 12.0 Å². The monoisotopic (exact) mass is 280 g/mol. The van der Waals surface area contributed by atoms with Crippen LogP contribution >= 0.6 is 0 Å². The highest BCUT2D eigenvalue weighted by Crippen LogP contribution is 2.16. The fourth-order valence-electron chi connectivity index (χ4n) is 2.43. The number of nitrogens with two attached hydrogens (primary N) is 1. The topological polar surface area (TPSA) is 82.2 Å². The fraction of sp³-hybridized carbons (Fsp3) is 0.714. The first-order chi connectivity index (χ1) is 9.51. The second kappa shape index (κ2) is 6.37. The second-order valence-corrected chi connectivity index (χ2v) is 5.71. The number of carbonyl (C=O) groups is 1. The molecule has 1 aliphatic heterocycles. The summed E-state index contributed by atoms with van der Waals surface area (Å²) >= 11 is 0. The molecule has 2 heterocycles. The number of carbonyl (C=O) groups excluding carboxylic acids is 1. The molecule has 0 aromatic carbocycles. The molecule has 2 atom stereocenters. The highest BCUT2D eigenvalue weighted by Gasteiger charge is 2.27. The standard InChI is InChI=1S/C14H24N4O2/c1-3-6-14(2,15)13(19)17-11-8-16-18(9-11)10-12-5-4-7-20-12/h8-9,12H,3-7,10,15H2,1-2H3,(H,17,19). The van der Waals surface area contributed by atoms with Crippen molar-refractivity contribution in [2.24, 2.45) is 5.73 Å². The Morgan fingerprint density at radius 2 is 2.50 bits per heavy atom. The minimum absolute atomic E-state index is 0.170. The predicted octanol–water partition coefficient (Wildman–Crippen LogP) is 1.52. The molecule has 0 bridgehead atoms. The number of hydrogen-bond acceptors (Lipinski definition) is 4. The molecule has 1 fully saturated rings. The van der Waals surface area contributed by atoms with Gasteiger partial charge in [-0.15, -0.1) is 0 Å². The number of nitrogens with one attached hydrogen (secondary N) is 1. The van der Waals surface area contributed by atoms with Crippen molar-refractivity contribution in [2.75, 3.05) is 11.9 Å². The van der Waals surface area contributed by atoms with E-state index in [2.05, 4.69) is 10.4 Å². The third-order valence-electron chi connectivity index (χ3n) is 3.59.